The van der Waals surface area contributed by atoms with Gasteiger partial charge in [-0.05, 0) is 31.6 Å². The first-order valence-corrected chi connectivity index (χ1v) is 11.7. The van der Waals surface area contributed by atoms with Crippen LogP contribution in [0.25, 0.3) is 0 Å². The average molecular weight is 313 g/mol. The zero-order chi connectivity index (χ0) is 14.9. The smallest absolute Gasteiger partial charge is 0.328 e. The molecule has 0 rings (SSSR count). The Kier molecular flexibility index (Phi) is 9.28. The van der Waals surface area contributed by atoms with Gasteiger partial charge in [0.25, 0.3) is 0 Å². The van der Waals surface area contributed by atoms with Crippen molar-refractivity contribution in [1.82, 2.24) is 0 Å². The summed E-state index contributed by atoms with van der Waals surface area (Å²) in [4.78, 5) is 9.90. The first-order chi connectivity index (χ1) is 8.78. The fourth-order valence-corrected chi connectivity index (χ4v) is 8.25. The number of aliphatic hydroxyl groups excluding tert-OH is 2. The van der Waals surface area contributed by atoms with E-state index in [1.165, 1.54) is 0 Å². The van der Waals surface area contributed by atoms with E-state index in [1.54, 1.807) is 20.2 Å². The molecule has 0 fully saturated rings. The van der Waals surface area contributed by atoms with Gasteiger partial charge < -0.3 is 28.3 Å². The summed E-state index contributed by atoms with van der Waals surface area (Å²) in [5.74, 6) is 0. The van der Waals surface area contributed by atoms with Crippen molar-refractivity contribution in [3.63, 3.8) is 0 Å². The Labute approximate surface area is 117 Å². The summed E-state index contributed by atoms with van der Waals surface area (Å²) < 4.78 is 16.6. The topological polar surface area (TPSA) is 88.4 Å². The maximum atomic E-state index is 9.90. The van der Waals surface area contributed by atoms with Crippen molar-refractivity contribution >= 4 is 17.1 Å². The number of ether oxygens (including phenoxy) is 1. The average Bonchev–Trinajstić information content (AvgIpc) is 2.35. The molecule has 0 saturated heterocycles. The minimum atomic E-state index is -2.60. The summed E-state index contributed by atoms with van der Waals surface area (Å²) in [6.07, 6.45) is -0.0769. The van der Waals surface area contributed by atoms with Crippen LogP contribution in [0, 0.1) is 0 Å². The minimum Gasteiger partial charge on any atom is -0.415 e. The minimum absolute atomic E-state index is 0.130. The number of aliphatic hydroxyl groups is 2. The molecule has 19 heavy (non-hydrogen) atoms. The summed E-state index contributed by atoms with van der Waals surface area (Å²) in [7, 11) is -3.32. The Balaban J connectivity index is 4.08. The van der Waals surface area contributed by atoms with Gasteiger partial charge in [0, 0.05) is 13.7 Å². The van der Waals surface area contributed by atoms with Crippen LogP contribution in [0.4, 0.5) is 0 Å². The van der Waals surface area contributed by atoms with Crippen LogP contribution >= 0.6 is 0 Å². The number of rotatable bonds is 11. The van der Waals surface area contributed by atoms with E-state index in [0.717, 1.165) is 18.5 Å². The number of hydrogen-bond donors (Lipinski definition) is 3. The first-order valence-electron chi connectivity index (χ1n) is 6.63. The van der Waals surface area contributed by atoms with Gasteiger partial charge in [-0.25, -0.2) is 0 Å². The molecule has 0 bridgehead atoms. The second kappa shape index (κ2) is 9.19. The van der Waals surface area contributed by atoms with E-state index in [4.69, 9.17) is 23.5 Å². The predicted molar refractivity (Wildman–Crippen MR) is 77.4 cm³/mol. The lowest BCUT2D eigenvalue weighted by molar-refractivity contribution is 0.00615. The molecule has 6 nitrogen and oxygen atoms in total. The van der Waals surface area contributed by atoms with Crippen molar-refractivity contribution in [2.45, 2.75) is 44.6 Å². The SMILES string of the molecule is CC[Si](CCCOCC(O)CO)(OC)O[Si](C)(C)O. The summed E-state index contributed by atoms with van der Waals surface area (Å²) in [5, 5.41) is 17.8. The lowest BCUT2D eigenvalue weighted by Crippen LogP contribution is -2.50. The van der Waals surface area contributed by atoms with Crippen molar-refractivity contribution in [3.05, 3.63) is 0 Å². The van der Waals surface area contributed by atoms with Gasteiger partial charge in [-0.3, -0.25) is 0 Å². The zero-order valence-electron chi connectivity index (χ0n) is 12.4. The third kappa shape index (κ3) is 8.87. The highest BCUT2D eigenvalue weighted by Crippen LogP contribution is 2.23. The van der Waals surface area contributed by atoms with Crippen LogP contribution in [-0.4, -0.2) is 65.2 Å². The summed E-state index contributed by atoms with van der Waals surface area (Å²) in [6, 6.07) is 1.52. The van der Waals surface area contributed by atoms with Gasteiger partial charge in [-0.1, -0.05) is 6.92 Å². The molecule has 0 aliphatic rings. The van der Waals surface area contributed by atoms with Crippen molar-refractivity contribution in [2.24, 2.45) is 0 Å². The van der Waals surface area contributed by atoms with Crippen molar-refractivity contribution < 1.29 is 28.3 Å². The van der Waals surface area contributed by atoms with Crippen LogP contribution in [0.2, 0.25) is 25.2 Å². The van der Waals surface area contributed by atoms with Crippen LogP contribution in [0.5, 0.6) is 0 Å². The van der Waals surface area contributed by atoms with Gasteiger partial charge in [0.1, 0.15) is 6.10 Å². The van der Waals surface area contributed by atoms with Crippen LogP contribution in [-0.2, 0) is 13.3 Å². The molecular weight excluding hydrogens is 284 g/mol. The van der Waals surface area contributed by atoms with E-state index < -0.39 is 23.2 Å². The highest BCUT2D eigenvalue weighted by Gasteiger charge is 2.40. The fourth-order valence-electron chi connectivity index (χ4n) is 1.76. The molecule has 2 atom stereocenters. The predicted octanol–water partition coefficient (Wildman–Crippen LogP) is 0.566. The maximum absolute atomic E-state index is 9.90. The van der Waals surface area contributed by atoms with Gasteiger partial charge in [0.05, 0.1) is 13.2 Å². The van der Waals surface area contributed by atoms with E-state index in [0.29, 0.717) is 6.61 Å². The van der Waals surface area contributed by atoms with Gasteiger partial charge in [0.15, 0.2) is 0 Å². The lowest BCUT2D eigenvalue weighted by atomic mass is 10.4. The standard InChI is InChI=1S/C11H28O6Si2/c1-5-19(15-2,17-18(3,4)14)8-6-7-16-10-11(13)9-12/h11-14H,5-10H2,1-4H3. The molecule has 0 aromatic rings. The van der Waals surface area contributed by atoms with E-state index >= 15 is 0 Å². The molecule has 0 aromatic carbocycles. The third-order valence-corrected chi connectivity index (χ3v) is 9.14. The summed E-state index contributed by atoms with van der Waals surface area (Å²) in [6.45, 7) is 5.79. The van der Waals surface area contributed by atoms with Gasteiger partial charge in [0.2, 0.25) is 0 Å². The molecule has 0 heterocycles. The van der Waals surface area contributed by atoms with E-state index in [2.05, 4.69) is 0 Å². The Bertz CT molecular complexity index is 230. The summed E-state index contributed by atoms with van der Waals surface area (Å²) >= 11 is 0. The Hall–Kier alpha value is 0.194. The summed E-state index contributed by atoms with van der Waals surface area (Å²) in [5.41, 5.74) is 0. The van der Waals surface area contributed by atoms with Crippen molar-refractivity contribution in [2.75, 3.05) is 26.9 Å². The van der Waals surface area contributed by atoms with Crippen LogP contribution < -0.4 is 0 Å². The molecule has 0 aliphatic carbocycles. The maximum Gasteiger partial charge on any atom is 0.328 e. The Morgan fingerprint density at radius 2 is 1.89 bits per heavy atom. The van der Waals surface area contributed by atoms with E-state index in [1.807, 2.05) is 6.92 Å². The molecule has 116 valence electrons. The van der Waals surface area contributed by atoms with E-state index in [-0.39, 0.29) is 13.2 Å². The molecule has 0 aliphatic heterocycles. The second-order valence-corrected chi connectivity index (χ2v) is 12.2. The second-order valence-electron chi connectivity index (χ2n) is 5.03. The monoisotopic (exact) mass is 312 g/mol. The molecule has 0 spiro atoms. The molecular formula is C11H28O6Si2. The normalized spacial score (nSPS) is 17.2. The molecule has 0 saturated carbocycles. The molecule has 8 heteroatoms. The first kappa shape index (κ1) is 19.2. The third-order valence-electron chi connectivity index (χ3n) is 2.71. The van der Waals surface area contributed by atoms with Crippen LogP contribution in [0.3, 0.4) is 0 Å². The fraction of sp³-hybridized carbons (Fsp3) is 1.00. The van der Waals surface area contributed by atoms with Crippen LogP contribution in [0.1, 0.15) is 13.3 Å². The van der Waals surface area contributed by atoms with E-state index in [9.17, 15) is 4.80 Å². The van der Waals surface area contributed by atoms with Crippen molar-refractivity contribution in [3.8, 4) is 0 Å². The highest BCUT2D eigenvalue weighted by atomic mass is 28.5. The van der Waals surface area contributed by atoms with Gasteiger partial charge in [-0.15, -0.1) is 0 Å². The molecule has 0 aromatic heterocycles. The Morgan fingerprint density at radius 1 is 1.26 bits per heavy atom. The number of hydrogen-bond acceptors (Lipinski definition) is 6. The van der Waals surface area contributed by atoms with Gasteiger partial charge >= 0.3 is 17.1 Å². The highest BCUT2D eigenvalue weighted by molar-refractivity contribution is 6.79. The van der Waals surface area contributed by atoms with Crippen LogP contribution in [0.15, 0.2) is 0 Å². The molecule has 0 radical (unpaired) electrons. The zero-order valence-corrected chi connectivity index (χ0v) is 14.4. The molecule has 2 unspecified atom stereocenters. The molecule has 0 amide bonds. The van der Waals surface area contributed by atoms with Crippen molar-refractivity contribution in [1.29, 1.82) is 0 Å². The quantitative estimate of drug-likeness (QED) is 0.382. The van der Waals surface area contributed by atoms with Gasteiger partial charge in [-0.2, -0.15) is 0 Å². The largest absolute Gasteiger partial charge is 0.415 e. The lowest BCUT2D eigenvalue weighted by Gasteiger charge is -2.33. The Morgan fingerprint density at radius 3 is 2.32 bits per heavy atom. The molecule has 3 N–H and O–H groups in total.